The molecule has 2 rings (SSSR count). The van der Waals surface area contributed by atoms with Crippen LogP contribution in [0.15, 0.2) is 36.4 Å². The molecule has 0 saturated carbocycles. The van der Waals surface area contributed by atoms with Crippen molar-refractivity contribution >= 4 is 51.0 Å². The molecule has 0 amide bonds. The van der Waals surface area contributed by atoms with Gasteiger partial charge in [-0.1, -0.05) is 11.6 Å². The Hall–Kier alpha value is -0.990. The first-order chi connectivity index (χ1) is 10.2. The zero-order valence-electron chi connectivity index (χ0n) is 10.5. The number of carbonyl (C=O) groups excluding carboxylic acids is 1. The maximum absolute atomic E-state index is 12.6. The Morgan fingerprint density at radius 2 is 1.82 bits per heavy atom. The van der Waals surface area contributed by atoms with Crippen LogP contribution in [0.4, 0.5) is 13.2 Å². The van der Waals surface area contributed by atoms with Crippen molar-refractivity contribution in [1.82, 2.24) is 0 Å². The van der Waals surface area contributed by atoms with Crippen LogP contribution >= 0.6 is 45.8 Å². The Balaban J connectivity index is 2.32. The highest BCUT2D eigenvalue weighted by Gasteiger charge is 2.31. The number of benzene rings is 2. The lowest BCUT2D eigenvalue weighted by Gasteiger charge is -2.11. The lowest BCUT2D eigenvalue weighted by molar-refractivity contribution is -0.137. The molecule has 0 spiro atoms. The summed E-state index contributed by atoms with van der Waals surface area (Å²) in [7, 11) is 0. The summed E-state index contributed by atoms with van der Waals surface area (Å²) in [6.45, 7) is 0. The van der Waals surface area contributed by atoms with Crippen molar-refractivity contribution in [3.05, 3.63) is 56.1 Å². The molecule has 0 saturated heterocycles. The van der Waals surface area contributed by atoms with Crippen LogP contribution in [-0.4, -0.2) is 5.24 Å². The van der Waals surface area contributed by atoms with E-state index in [1.807, 2.05) is 22.6 Å². The van der Waals surface area contributed by atoms with E-state index in [0.717, 1.165) is 18.2 Å². The summed E-state index contributed by atoms with van der Waals surface area (Å²) >= 11 is 13.2. The monoisotopic (exact) mass is 460 g/mol. The Bertz CT molecular complexity index is 733. The van der Waals surface area contributed by atoms with Gasteiger partial charge in [0.05, 0.1) is 16.1 Å². The molecular weight excluding hydrogens is 455 g/mol. The van der Waals surface area contributed by atoms with Gasteiger partial charge in [0.25, 0.3) is 5.24 Å². The molecule has 0 bridgehead atoms. The number of halogens is 6. The van der Waals surface area contributed by atoms with E-state index in [9.17, 15) is 18.0 Å². The van der Waals surface area contributed by atoms with E-state index in [1.165, 1.54) is 6.07 Å². The standard InChI is InChI=1S/C14H6Cl2F3IO2/c15-10-5-7(14(17,18)19)1-4-12(10)22-8-2-3-11(20)9(6-8)13(16)21/h1-6H. The number of hydrogen-bond acceptors (Lipinski definition) is 2. The molecule has 0 radical (unpaired) electrons. The average molecular weight is 461 g/mol. The maximum atomic E-state index is 12.6. The van der Waals surface area contributed by atoms with Crippen LogP contribution in [0, 0.1) is 3.57 Å². The van der Waals surface area contributed by atoms with E-state index in [-0.39, 0.29) is 22.1 Å². The van der Waals surface area contributed by atoms with Gasteiger partial charge in [-0.2, -0.15) is 13.2 Å². The zero-order valence-corrected chi connectivity index (χ0v) is 14.2. The van der Waals surface area contributed by atoms with Crippen LogP contribution < -0.4 is 4.74 Å². The number of carbonyl (C=O) groups is 1. The molecule has 0 unspecified atom stereocenters. The first-order valence-corrected chi connectivity index (χ1v) is 7.56. The van der Waals surface area contributed by atoms with Crippen LogP contribution in [0.3, 0.4) is 0 Å². The number of alkyl halides is 3. The number of hydrogen-bond donors (Lipinski definition) is 0. The van der Waals surface area contributed by atoms with Crippen molar-refractivity contribution < 1.29 is 22.7 Å². The molecule has 0 N–H and O–H groups in total. The fourth-order valence-electron chi connectivity index (χ4n) is 1.61. The van der Waals surface area contributed by atoms with Crippen molar-refractivity contribution in [2.75, 3.05) is 0 Å². The molecule has 0 atom stereocenters. The van der Waals surface area contributed by atoms with Crippen LogP contribution in [0.5, 0.6) is 11.5 Å². The van der Waals surface area contributed by atoms with E-state index in [0.29, 0.717) is 3.57 Å². The fourth-order valence-corrected chi connectivity index (χ4v) is 2.72. The highest BCUT2D eigenvalue weighted by atomic mass is 127. The molecule has 2 aromatic carbocycles. The second-order valence-electron chi connectivity index (χ2n) is 4.16. The third-order valence-electron chi connectivity index (χ3n) is 2.64. The molecule has 0 fully saturated rings. The average Bonchev–Trinajstić information content (AvgIpc) is 2.41. The normalized spacial score (nSPS) is 11.4. The topological polar surface area (TPSA) is 26.3 Å². The Labute approximate surface area is 147 Å². The molecule has 2 nitrogen and oxygen atoms in total. The lowest BCUT2D eigenvalue weighted by Crippen LogP contribution is -2.04. The summed E-state index contributed by atoms with van der Waals surface area (Å²) < 4.78 is 43.7. The maximum Gasteiger partial charge on any atom is 0.416 e. The summed E-state index contributed by atoms with van der Waals surface area (Å²) in [5.74, 6) is 0.287. The number of ether oxygens (including phenoxy) is 1. The molecule has 0 aliphatic heterocycles. The molecule has 0 aliphatic carbocycles. The predicted molar refractivity (Wildman–Crippen MR) is 85.9 cm³/mol. The zero-order chi connectivity index (χ0) is 16.5. The van der Waals surface area contributed by atoms with Gasteiger partial charge in [-0.15, -0.1) is 0 Å². The largest absolute Gasteiger partial charge is 0.456 e. The van der Waals surface area contributed by atoms with E-state index in [1.54, 1.807) is 12.1 Å². The first kappa shape index (κ1) is 17.4. The third kappa shape index (κ3) is 4.05. The van der Waals surface area contributed by atoms with E-state index < -0.39 is 17.0 Å². The molecular formula is C14H6Cl2F3IO2. The molecule has 0 heterocycles. The molecule has 0 aromatic heterocycles. The van der Waals surface area contributed by atoms with Gasteiger partial charge in [0, 0.05) is 3.57 Å². The lowest BCUT2D eigenvalue weighted by atomic mass is 10.2. The SMILES string of the molecule is O=C(Cl)c1cc(Oc2ccc(C(F)(F)F)cc2Cl)ccc1I. The van der Waals surface area contributed by atoms with Gasteiger partial charge >= 0.3 is 6.18 Å². The van der Waals surface area contributed by atoms with Gasteiger partial charge in [-0.05, 0) is 70.6 Å². The minimum Gasteiger partial charge on any atom is -0.456 e. The molecule has 116 valence electrons. The van der Waals surface area contributed by atoms with Gasteiger partial charge in [-0.3, -0.25) is 4.79 Å². The van der Waals surface area contributed by atoms with Crippen molar-refractivity contribution in [3.8, 4) is 11.5 Å². The Kier molecular flexibility index (Phi) is 5.24. The summed E-state index contributed by atoms with van der Waals surface area (Å²) in [5, 5.41) is -0.847. The third-order valence-corrected chi connectivity index (χ3v) is 4.08. The van der Waals surface area contributed by atoms with Crippen molar-refractivity contribution in [2.24, 2.45) is 0 Å². The fraction of sp³-hybridized carbons (Fsp3) is 0.0714. The van der Waals surface area contributed by atoms with Crippen LogP contribution in [0.25, 0.3) is 0 Å². The summed E-state index contributed by atoms with van der Waals surface area (Å²) in [6.07, 6.45) is -4.48. The van der Waals surface area contributed by atoms with Crippen molar-refractivity contribution in [1.29, 1.82) is 0 Å². The molecule has 2 aromatic rings. The van der Waals surface area contributed by atoms with Gasteiger partial charge in [-0.25, -0.2) is 0 Å². The second-order valence-corrected chi connectivity index (χ2v) is 6.07. The summed E-state index contributed by atoms with van der Waals surface area (Å²) in [5.41, 5.74) is -0.633. The van der Waals surface area contributed by atoms with Crippen LogP contribution in [0.1, 0.15) is 15.9 Å². The van der Waals surface area contributed by atoms with Gasteiger partial charge in [0.1, 0.15) is 11.5 Å². The van der Waals surface area contributed by atoms with Crippen LogP contribution in [0.2, 0.25) is 5.02 Å². The molecule has 22 heavy (non-hydrogen) atoms. The quantitative estimate of drug-likeness (QED) is 0.406. The van der Waals surface area contributed by atoms with Gasteiger partial charge in [0.15, 0.2) is 0 Å². The minimum atomic E-state index is -4.48. The Morgan fingerprint density at radius 1 is 1.14 bits per heavy atom. The Morgan fingerprint density at radius 3 is 2.36 bits per heavy atom. The summed E-state index contributed by atoms with van der Waals surface area (Å²) in [6, 6.07) is 7.30. The smallest absolute Gasteiger partial charge is 0.416 e. The minimum absolute atomic E-state index is 0.0452. The van der Waals surface area contributed by atoms with Gasteiger partial charge < -0.3 is 4.74 Å². The van der Waals surface area contributed by atoms with Crippen molar-refractivity contribution in [3.63, 3.8) is 0 Å². The second kappa shape index (κ2) is 6.64. The van der Waals surface area contributed by atoms with Crippen molar-refractivity contribution in [2.45, 2.75) is 6.18 Å². The number of rotatable bonds is 3. The molecule has 8 heteroatoms. The summed E-state index contributed by atoms with van der Waals surface area (Å²) in [4.78, 5) is 11.2. The van der Waals surface area contributed by atoms with Gasteiger partial charge in [0.2, 0.25) is 0 Å². The van der Waals surface area contributed by atoms with E-state index >= 15 is 0 Å². The molecule has 0 aliphatic rings. The van der Waals surface area contributed by atoms with Crippen LogP contribution in [-0.2, 0) is 6.18 Å². The highest BCUT2D eigenvalue weighted by Crippen LogP contribution is 2.36. The van der Waals surface area contributed by atoms with E-state index in [2.05, 4.69) is 0 Å². The first-order valence-electron chi connectivity index (χ1n) is 5.72. The highest BCUT2D eigenvalue weighted by molar-refractivity contribution is 14.1. The van der Waals surface area contributed by atoms with E-state index in [4.69, 9.17) is 27.9 Å². The predicted octanol–water partition coefficient (Wildman–Crippen LogP) is 6.13.